The largest absolute Gasteiger partial charge is 0.488 e. The van der Waals surface area contributed by atoms with Gasteiger partial charge in [0.05, 0.1) is 17.5 Å². The molecule has 0 saturated heterocycles. The van der Waals surface area contributed by atoms with Gasteiger partial charge in [0.2, 0.25) is 0 Å². The topological polar surface area (TPSA) is 55.6 Å². The molecule has 1 heterocycles. The third kappa shape index (κ3) is 4.65. The van der Waals surface area contributed by atoms with Crippen LogP contribution in [-0.2, 0) is 6.61 Å². The maximum Gasteiger partial charge on any atom is 0.273 e. The van der Waals surface area contributed by atoms with Crippen molar-refractivity contribution in [3.05, 3.63) is 144 Å². The summed E-state index contributed by atoms with van der Waals surface area (Å²) in [6.45, 7) is 0.414. The average molecular weight is 496 g/mol. The molecule has 5 nitrogen and oxygen atoms in total. The van der Waals surface area contributed by atoms with E-state index in [0.29, 0.717) is 17.9 Å². The monoisotopic (exact) mass is 495 g/mol. The number of carbonyl (C=O) groups excluding carboxylic acids is 1. The van der Waals surface area contributed by atoms with Crippen molar-refractivity contribution in [2.45, 2.75) is 6.61 Å². The molecular formula is C33H25N3O2. The second kappa shape index (κ2) is 10.4. The van der Waals surface area contributed by atoms with Gasteiger partial charge in [0.15, 0.2) is 0 Å². The van der Waals surface area contributed by atoms with E-state index in [1.807, 2.05) is 102 Å². The van der Waals surface area contributed by atoms with E-state index in [2.05, 4.69) is 34.8 Å². The molecule has 0 atom stereocenters. The molecule has 6 rings (SSSR count). The van der Waals surface area contributed by atoms with Gasteiger partial charge in [0.1, 0.15) is 12.4 Å². The summed E-state index contributed by atoms with van der Waals surface area (Å²) in [5.41, 5.74) is 5.93. The first-order valence-corrected chi connectivity index (χ1v) is 12.4. The predicted octanol–water partition coefficient (Wildman–Crippen LogP) is 7.13. The van der Waals surface area contributed by atoms with Crippen LogP contribution in [0.4, 0.5) is 0 Å². The van der Waals surface area contributed by atoms with E-state index in [0.717, 1.165) is 27.6 Å². The van der Waals surface area contributed by atoms with Crippen molar-refractivity contribution in [3.8, 4) is 11.4 Å². The summed E-state index contributed by atoms with van der Waals surface area (Å²) in [4.78, 5) is 13.1. The number of hydrogen-bond acceptors (Lipinski definition) is 3. The first kappa shape index (κ1) is 23.3. The highest BCUT2D eigenvalue weighted by molar-refractivity contribution is 6.03. The minimum atomic E-state index is -0.288. The fraction of sp³-hybridized carbons (Fsp3) is 0.0303. The van der Waals surface area contributed by atoms with E-state index in [1.165, 1.54) is 10.8 Å². The van der Waals surface area contributed by atoms with E-state index in [-0.39, 0.29) is 5.91 Å². The first-order valence-electron chi connectivity index (χ1n) is 12.4. The molecule has 184 valence electrons. The van der Waals surface area contributed by atoms with E-state index >= 15 is 0 Å². The molecule has 38 heavy (non-hydrogen) atoms. The van der Waals surface area contributed by atoms with Gasteiger partial charge >= 0.3 is 0 Å². The summed E-state index contributed by atoms with van der Waals surface area (Å²) in [7, 11) is 0. The van der Waals surface area contributed by atoms with Gasteiger partial charge in [-0.1, -0.05) is 84.9 Å². The Labute approximate surface area is 220 Å². The van der Waals surface area contributed by atoms with Gasteiger partial charge in [-0.05, 0) is 57.4 Å². The zero-order chi connectivity index (χ0) is 25.7. The summed E-state index contributed by atoms with van der Waals surface area (Å²) in [6.07, 6.45) is 5.48. The van der Waals surface area contributed by atoms with Crippen LogP contribution in [0.15, 0.2) is 133 Å². The molecule has 5 heteroatoms. The molecule has 0 radical (unpaired) electrons. The molecule has 0 saturated carbocycles. The standard InChI is InChI=1S/C33H25N3O2/c37-33(29-16-5-6-17-31(29)36-20-7-8-21-36)35-34-22-30-28-15-4-2-11-25(28)18-19-32(30)38-23-26-13-9-12-24-10-1-3-14-27(24)26/h1-22H,23H2,(H,35,37)/b34-22-. The van der Waals surface area contributed by atoms with Gasteiger partial charge in [0, 0.05) is 18.0 Å². The maximum atomic E-state index is 13.1. The Morgan fingerprint density at radius 2 is 1.42 bits per heavy atom. The van der Waals surface area contributed by atoms with Gasteiger partial charge in [-0.3, -0.25) is 4.79 Å². The second-order valence-electron chi connectivity index (χ2n) is 8.93. The lowest BCUT2D eigenvalue weighted by molar-refractivity contribution is 0.0955. The molecular weight excluding hydrogens is 470 g/mol. The molecule has 0 bridgehead atoms. The number of rotatable bonds is 7. The number of amides is 1. The first-order chi connectivity index (χ1) is 18.8. The smallest absolute Gasteiger partial charge is 0.273 e. The van der Waals surface area contributed by atoms with Crippen molar-refractivity contribution in [2.24, 2.45) is 5.10 Å². The molecule has 1 aromatic heterocycles. The van der Waals surface area contributed by atoms with Gasteiger partial charge in [-0.25, -0.2) is 5.43 Å². The normalized spacial score (nSPS) is 11.3. The molecule has 1 amide bonds. The lowest BCUT2D eigenvalue weighted by atomic mass is 10.0. The Hall–Kier alpha value is -5.16. The SMILES string of the molecule is O=C(N/N=C\c1c(OCc2cccc3ccccc23)ccc2ccccc12)c1ccccc1-n1cccc1. The van der Waals surface area contributed by atoms with E-state index < -0.39 is 0 Å². The zero-order valence-corrected chi connectivity index (χ0v) is 20.6. The quantitative estimate of drug-likeness (QED) is 0.189. The molecule has 0 fully saturated rings. The number of fused-ring (bicyclic) bond motifs is 2. The van der Waals surface area contributed by atoms with Crippen molar-refractivity contribution in [1.29, 1.82) is 0 Å². The fourth-order valence-electron chi connectivity index (χ4n) is 4.71. The maximum absolute atomic E-state index is 13.1. The molecule has 6 aromatic rings. The van der Waals surface area contributed by atoms with Crippen molar-refractivity contribution in [1.82, 2.24) is 9.99 Å². The Morgan fingerprint density at radius 1 is 0.737 bits per heavy atom. The van der Waals surface area contributed by atoms with Crippen LogP contribution in [0.5, 0.6) is 5.75 Å². The van der Waals surface area contributed by atoms with Crippen molar-refractivity contribution < 1.29 is 9.53 Å². The molecule has 0 aliphatic carbocycles. The third-order valence-corrected chi connectivity index (χ3v) is 6.58. The average Bonchev–Trinajstić information content (AvgIpc) is 3.51. The minimum Gasteiger partial charge on any atom is -0.488 e. The summed E-state index contributed by atoms with van der Waals surface area (Å²) < 4.78 is 8.25. The van der Waals surface area contributed by atoms with Gasteiger partial charge in [0.25, 0.3) is 5.91 Å². The molecule has 5 aromatic carbocycles. The van der Waals surface area contributed by atoms with E-state index in [1.54, 1.807) is 12.3 Å². The number of carbonyl (C=O) groups is 1. The number of benzene rings is 5. The Bertz CT molecular complexity index is 1770. The Balaban J connectivity index is 1.28. The lowest BCUT2D eigenvalue weighted by Crippen LogP contribution is -2.19. The number of hydrogen-bond donors (Lipinski definition) is 1. The Kier molecular flexibility index (Phi) is 6.39. The van der Waals surface area contributed by atoms with Crippen molar-refractivity contribution >= 4 is 33.7 Å². The van der Waals surface area contributed by atoms with Crippen LogP contribution in [0.1, 0.15) is 21.5 Å². The molecule has 0 aliphatic rings. The lowest BCUT2D eigenvalue weighted by Gasteiger charge is -2.13. The highest BCUT2D eigenvalue weighted by atomic mass is 16.5. The number of hydrazone groups is 1. The second-order valence-corrected chi connectivity index (χ2v) is 8.93. The van der Waals surface area contributed by atoms with E-state index in [9.17, 15) is 4.79 Å². The van der Waals surface area contributed by atoms with Crippen LogP contribution >= 0.6 is 0 Å². The van der Waals surface area contributed by atoms with Gasteiger partial charge in [-0.15, -0.1) is 0 Å². The van der Waals surface area contributed by atoms with Gasteiger partial charge < -0.3 is 9.30 Å². The molecule has 0 unspecified atom stereocenters. The highest BCUT2D eigenvalue weighted by Gasteiger charge is 2.12. The number of aromatic nitrogens is 1. The molecule has 1 N–H and O–H groups in total. The fourth-order valence-corrected chi connectivity index (χ4v) is 4.71. The number of ether oxygens (including phenoxy) is 1. The van der Waals surface area contributed by atoms with Crippen LogP contribution in [-0.4, -0.2) is 16.7 Å². The number of nitrogens with one attached hydrogen (secondary N) is 1. The summed E-state index contributed by atoms with van der Waals surface area (Å²) in [5, 5.41) is 8.75. The summed E-state index contributed by atoms with van der Waals surface area (Å²) >= 11 is 0. The zero-order valence-electron chi connectivity index (χ0n) is 20.6. The highest BCUT2D eigenvalue weighted by Crippen LogP contribution is 2.28. The van der Waals surface area contributed by atoms with Gasteiger partial charge in [-0.2, -0.15) is 5.10 Å². The van der Waals surface area contributed by atoms with Crippen molar-refractivity contribution in [2.75, 3.05) is 0 Å². The summed E-state index contributed by atoms with van der Waals surface area (Å²) in [6, 6.07) is 37.9. The van der Waals surface area contributed by atoms with Crippen LogP contribution in [0.2, 0.25) is 0 Å². The number of nitrogens with zero attached hydrogens (tertiary/aromatic N) is 2. The van der Waals surface area contributed by atoms with Crippen LogP contribution in [0.25, 0.3) is 27.2 Å². The predicted molar refractivity (Wildman–Crippen MR) is 153 cm³/mol. The van der Waals surface area contributed by atoms with E-state index in [4.69, 9.17) is 4.74 Å². The number of para-hydroxylation sites is 1. The van der Waals surface area contributed by atoms with Crippen LogP contribution in [0, 0.1) is 0 Å². The van der Waals surface area contributed by atoms with Crippen LogP contribution < -0.4 is 10.2 Å². The van der Waals surface area contributed by atoms with Crippen molar-refractivity contribution in [3.63, 3.8) is 0 Å². The minimum absolute atomic E-state index is 0.288. The van der Waals surface area contributed by atoms with Crippen LogP contribution in [0.3, 0.4) is 0 Å². The summed E-state index contributed by atoms with van der Waals surface area (Å²) in [5.74, 6) is 0.409. The Morgan fingerprint density at radius 3 is 2.26 bits per heavy atom. The molecule has 0 spiro atoms. The third-order valence-electron chi connectivity index (χ3n) is 6.58. The molecule has 0 aliphatic heterocycles.